The standard InChI is InChI=1S/C25H27Cl3N2O9S2/c1-4-37-23(35)15(12(2)31)9-17-16(10-38-13(3)32)20(24(36)39-11-25(26,27)28)30-21(34)19(22(30)41-17)29-18(33)8-14-6-5-7-40-14/h5-7,15,17,19,22H,4,8-11H2,1-3H3,(H,29,33)/t15?,17?,19?,22-/m1/s1. The third-order valence-corrected chi connectivity index (χ3v) is 8.79. The summed E-state index contributed by atoms with van der Waals surface area (Å²) in [5.74, 6) is -5.22. The van der Waals surface area contributed by atoms with Crippen molar-refractivity contribution in [3.63, 3.8) is 0 Å². The first-order chi connectivity index (χ1) is 19.2. The van der Waals surface area contributed by atoms with E-state index in [0.29, 0.717) is 0 Å². The van der Waals surface area contributed by atoms with E-state index < -0.39 is 75.1 Å². The molecule has 1 saturated heterocycles. The summed E-state index contributed by atoms with van der Waals surface area (Å²) in [6.07, 6.45) is -0.103. The van der Waals surface area contributed by atoms with Gasteiger partial charge in [-0.2, -0.15) is 0 Å². The lowest BCUT2D eigenvalue weighted by molar-refractivity contribution is -0.153. The number of alkyl halides is 3. The summed E-state index contributed by atoms with van der Waals surface area (Å²) in [4.78, 5) is 78.0. The SMILES string of the molecule is CCOC(=O)C(CC1S[C@@H]2C(NC(=O)Cc3cccs3)C(=O)N2C(C(=O)OCC(Cl)(Cl)Cl)=C1COC(C)=O)C(C)=O. The fraction of sp³-hybridized carbons (Fsp3) is 0.520. The van der Waals surface area contributed by atoms with Gasteiger partial charge in [-0.15, -0.1) is 23.1 Å². The summed E-state index contributed by atoms with van der Waals surface area (Å²) in [7, 11) is 0. The topological polar surface area (TPSA) is 145 Å². The van der Waals surface area contributed by atoms with Crippen LogP contribution in [0.4, 0.5) is 0 Å². The Balaban J connectivity index is 2.00. The molecule has 3 heterocycles. The van der Waals surface area contributed by atoms with Crippen LogP contribution in [0.3, 0.4) is 0 Å². The Morgan fingerprint density at radius 1 is 1.12 bits per heavy atom. The zero-order chi connectivity index (χ0) is 30.5. The largest absolute Gasteiger partial charge is 0.465 e. The van der Waals surface area contributed by atoms with E-state index >= 15 is 0 Å². The second-order valence-corrected chi connectivity index (χ2v) is 13.9. The Bertz CT molecular complexity index is 1230. The van der Waals surface area contributed by atoms with Crippen LogP contribution in [-0.4, -0.2) is 80.7 Å². The molecule has 2 aliphatic rings. The summed E-state index contributed by atoms with van der Waals surface area (Å²) in [5, 5.41) is 2.89. The number of nitrogens with one attached hydrogen (secondary N) is 1. The molecule has 1 fully saturated rings. The van der Waals surface area contributed by atoms with Crippen LogP contribution in [0.1, 0.15) is 32.1 Å². The van der Waals surface area contributed by atoms with Crippen LogP contribution in [0.25, 0.3) is 0 Å². The number of β-lactam (4-membered cyclic amide) rings is 1. The molecule has 0 aromatic carbocycles. The van der Waals surface area contributed by atoms with Gasteiger partial charge in [-0.25, -0.2) is 4.79 Å². The molecule has 0 spiro atoms. The quantitative estimate of drug-likeness (QED) is 0.116. The van der Waals surface area contributed by atoms with Crippen LogP contribution in [0.5, 0.6) is 0 Å². The number of hydrogen-bond donors (Lipinski definition) is 1. The van der Waals surface area contributed by atoms with Crippen molar-refractivity contribution in [1.29, 1.82) is 0 Å². The molecule has 224 valence electrons. The first-order valence-electron chi connectivity index (χ1n) is 12.3. The van der Waals surface area contributed by atoms with E-state index in [2.05, 4.69) is 5.32 Å². The number of nitrogens with zero attached hydrogens (tertiary/aromatic N) is 1. The highest BCUT2D eigenvalue weighted by Crippen LogP contribution is 2.47. The van der Waals surface area contributed by atoms with Gasteiger partial charge >= 0.3 is 17.9 Å². The average molecular weight is 670 g/mol. The molecule has 1 aromatic rings. The highest BCUT2D eigenvalue weighted by Gasteiger charge is 2.57. The molecular weight excluding hydrogens is 643 g/mol. The normalized spacial score (nSPS) is 20.9. The van der Waals surface area contributed by atoms with E-state index in [1.807, 2.05) is 5.38 Å². The number of rotatable bonds is 12. The summed E-state index contributed by atoms with van der Waals surface area (Å²) in [6, 6.07) is 2.55. The highest BCUT2D eigenvalue weighted by atomic mass is 35.6. The van der Waals surface area contributed by atoms with Gasteiger partial charge in [0.15, 0.2) is 0 Å². The Morgan fingerprint density at radius 2 is 1.83 bits per heavy atom. The van der Waals surface area contributed by atoms with Crippen molar-refractivity contribution < 1.29 is 43.0 Å². The number of ether oxygens (including phenoxy) is 3. The minimum absolute atomic E-state index is 0.0361. The molecule has 0 radical (unpaired) electrons. The van der Waals surface area contributed by atoms with Crippen molar-refractivity contribution in [3.8, 4) is 0 Å². The fourth-order valence-corrected chi connectivity index (χ4v) is 6.72. The molecule has 16 heteroatoms. The molecule has 11 nitrogen and oxygen atoms in total. The van der Waals surface area contributed by atoms with Crippen LogP contribution in [0, 0.1) is 5.92 Å². The van der Waals surface area contributed by atoms with Crippen molar-refractivity contribution in [2.24, 2.45) is 5.92 Å². The van der Waals surface area contributed by atoms with Gasteiger partial charge in [-0.1, -0.05) is 40.9 Å². The van der Waals surface area contributed by atoms with E-state index in [-0.39, 0.29) is 30.7 Å². The first kappa shape index (κ1) is 33.2. The van der Waals surface area contributed by atoms with E-state index in [1.54, 1.807) is 19.1 Å². The van der Waals surface area contributed by atoms with Gasteiger partial charge in [0.1, 0.15) is 42.0 Å². The molecule has 0 bridgehead atoms. The van der Waals surface area contributed by atoms with Crippen LogP contribution in [0.2, 0.25) is 0 Å². The summed E-state index contributed by atoms with van der Waals surface area (Å²) in [5.41, 5.74) is -0.169. The number of carbonyl (C=O) groups is 6. The summed E-state index contributed by atoms with van der Waals surface area (Å²) >= 11 is 19.8. The Labute approximate surface area is 259 Å². The predicted octanol–water partition coefficient (Wildman–Crippen LogP) is 2.95. The highest BCUT2D eigenvalue weighted by molar-refractivity contribution is 8.00. The van der Waals surface area contributed by atoms with Crippen molar-refractivity contribution in [2.45, 2.75) is 54.1 Å². The third kappa shape index (κ3) is 8.60. The maximum Gasteiger partial charge on any atom is 0.355 e. The van der Waals surface area contributed by atoms with Gasteiger partial charge in [-0.05, 0) is 31.7 Å². The molecule has 41 heavy (non-hydrogen) atoms. The smallest absolute Gasteiger partial charge is 0.355 e. The maximum absolute atomic E-state index is 13.3. The molecule has 1 aromatic heterocycles. The number of hydrogen-bond acceptors (Lipinski definition) is 11. The first-order valence-corrected chi connectivity index (χ1v) is 15.3. The van der Waals surface area contributed by atoms with Gasteiger partial charge in [0.05, 0.1) is 13.0 Å². The summed E-state index contributed by atoms with van der Waals surface area (Å²) in [6.45, 7) is 2.90. The van der Waals surface area contributed by atoms with Gasteiger partial charge in [0.25, 0.3) is 5.91 Å². The lowest BCUT2D eigenvalue weighted by Gasteiger charge is -2.51. The zero-order valence-corrected chi connectivity index (χ0v) is 26.0. The predicted molar refractivity (Wildman–Crippen MR) is 152 cm³/mol. The minimum Gasteiger partial charge on any atom is -0.465 e. The number of halogens is 3. The van der Waals surface area contributed by atoms with Crippen molar-refractivity contribution in [3.05, 3.63) is 33.7 Å². The van der Waals surface area contributed by atoms with Gasteiger partial charge < -0.3 is 19.5 Å². The van der Waals surface area contributed by atoms with E-state index in [1.165, 1.54) is 18.3 Å². The monoisotopic (exact) mass is 668 g/mol. The van der Waals surface area contributed by atoms with Crippen LogP contribution < -0.4 is 5.32 Å². The fourth-order valence-electron chi connectivity index (χ4n) is 4.20. The van der Waals surface area contributed by atoms with E-state index in [0.717, 1.165) is 28.5 Å². The van der Waals surface area contributed by atoms with Gasteiger partial charge in [0.2, 0.25) is 9.70 Å². The molecule has 2 aliphatic heterocycles. The third-order valence-electron chi connectivity index (χ3n) is 6.01. The molecule has 3 rings (SSSR count). The second kappa shape index (κ2) is 14.2. The van der Waals surface area contributed by atoms with Crippen LogP contribution >= 0.6 is 57.9 Å². The number of fused-ring (bicyclic) bond motifs is 1. The molecule has 0 saturated carbocycles. The Kier molecular flexibility index (Phi) is 11.5. The van der Waals surface area contributed by atoms with Crippen molar-refractivity contribution in [2.75, 3.05) is 19.8 Å². The molecule has 0 aliphatic carbocycles. The minimum atomic E-state index is -1.96. The number of carbonyl (C=O) groups excluding carboxylic acids is 6. The number of esters is 3. The van der Waals surface area contributed by atoms with E-state index in [9.17, 15) is 28.8 Å². The lowest BCUT2D eigenvalue weighted by Crippen LogP contribution is -2.71. The van der Waals surface area contributed by atoms with Gasteiger partial charge in [-0.3, -0.25) is 28.9 Å². The molecule has 4 atom stereocenters. The molecule has 1 N–H and O–H groups in total. The molecular formula is C25H27Cl3N2O9S2. The number of thioether (sulfide) groups is 1. The lowest BCUT2D eigenvalue weighted by atomic mass is 9.93. The van der Waals surface area contributed by atoms with Gasteiger partial charge in [0, 0.05) is 22.6 Å². The molecule has 2 amide bonds. The average Bonchev–Trinajstić information content (AvgIpc) is 3.39. The van der Waals surface area contributed by atoms with E-state index in [4.69, 9.17) is 49.0 Å². The van der Waals surface area contributed by atoms with Crippen molar-refractivity contribution in [1.82, 2.24) is 10.2 Å². The zero-order valence-electron chi connectivity index (χ0n) is 22.1. The number of amides is 2. The van der Waals surface area contributed by atoms with Crippen molar-refractivity contribution >= 4 is 93.4 Å². The number of thiophene rings is 1. The second-order valence-electron chi connectivity index (χ2n) is 9.02. The van der Waals surface area contributed by atoms with Crippen LogP contribution in [-0.2, 0) is 49.4 Å². The number of Topliss-reactive ketones (excluding diaryl/α,β-unsaturated/α-hetero) is 1. The summed E-state index contributed by atoms with van der Waals surface area (Å²) < 4.78 is 13.5. The Morgan fingerprint density at radius 3 is 2.39 bits per heavy atom. The Hall–Kier alpha value is -2.32. The number of ketones is 1. The molecule has 3 unspecified atom stereocenters. The maximum atomic E-state index is 13.3. The van der Waals surface area contributed by atoms with Crippen LogP contribution in [0.15, 0.2) is 28.8 Å².